The number of nitrogens with two attached hydrogens (primary N) is 1. The summed E-state index contributed by atoms with van der Waals surface area (Å²) in [7, 11) is 1.34. The molecule has 0 heterocycles. The van der Waals surface area contributed by atoms with Gasteiger partial charge >= 0.3 is 5.97 Å². The lowest BCUT2D eigenvalue weighted by Crippen LogP contribution is -2.23. The molecule has 1 aromatic carbocycles. The number of aliphatic carboxylic acids is 1. The molecule has 6 heteroatoms. The molecule has 0 aliphatic heterocycles. The lowest BCUT2D eigenvalue weighted by Gasteiger charge is -2.16. The van der Waals surface area contributed by atoms with Crippen molar-refractivity contribution in [1.82, 2.24) is 0 Å². The van der Waals surface area contributed by atoms with Crippen LogP contribution in [-0.2, 0) is 4.79 Å². The Labute approximate surface area is 100 Å². The number of rotatable bonds is 3. The van der Waals surface area contributed by atoms with E-state index < -0.39 is 17.8 Å². The van der Waals surface area contributed by atoms with Gasteiger partial charge in [0.2, 0.25) is 0 Å². The minimum Gasteiger partial charge on any atom is -0.496 e. The lowest BCUT2D eigenvalue weighted by molar-refractivity contribution is -0.138. The van der Waals surface area contributed by atoms with E-state index in [9.17, 15) is 9.18 Å². The SMILES string of the molecule is COc1c(C)cc(Br)c(F)c1C(N)C(=O)O. The van der Waals surface area contributed by atoms with Gasteiger partial charge in [0.25, 0.3) is 0 Å². The molecule has 88 valence electrons. The summed E-state index contributed by atoms with van der Waals surface area (Å²) in [5.41, 5.74) is 5.87. The van der Waals surface area contributed by atoms with Gasteiger partial charge in [-0.3, -0.25) is 4.79 Å². The summed E-state index contributed by atoms with van der Waals surface area (Å²) < 4.78 is 18.9. The van der Waals surface area contributed by atoms with Crippen molar-refractivity contribution in [2.45, 2.75) is 13.0 Å². The number of carboxylic acid groups (broad SMARTS) is 1. The van der Waals surface area contributed by atoms with Crippen LogP contribution in [0.4, 0.5) is 4.39 Å². The minimum atomic E-state index is -1.45. The molecule has 0 saturated carbocycles. The Hall–Kier alpha value is -1.14. The normalized spacial score (nSPS) is 12.3. The summed E-state index contributed by atoms with van der Waals surface area (Å²) >= 11 is 3.00. The molecule has 0 radical (unpaired) electrons. The van der Waals surface area contributed by atoms with E-state index in [1.54, 1.807) is 6.92 Å². The van der Waals surface area contributed by atoms with E-state index in [1.165, 1.54) is 13.2 Å². The van der Waals surface area contributed by atoms with Gasteiger partial charge < -0.3 is 15.6 Å². The number of halogens is 2. The second-order valence-electron chi connectivity index (χ2n) is 3.25. The van der Waals surface area contributed by atoms with E-state index in [0.29, 0.717) is 5.56 Å². The Morgan fingerprint density at radius 2 is 2.25 bits per heavy atom. The first-order chi connectivity index (χ1) is 7.40. The van der Waals surface area contributed by atoms with Crippen molar-refractivity contribution in [3.63, 3.8) is 0 Å². The van der Waals surface area contributed by atoms with Crippen molar-refractivity contribution in [2.75, 3.05) is 7.11 Å². The Bertz CT molecular complexity index is 437. The Balaban J connectivity index is 3.50. The third kappa shape index (κ3) is 2.17. The number of hydrogen-bond donors (Lipinski definition) is 2. The number of aryl methyl sites for hydroxylation is 1. The Morgan fingerprint density at radius 1 is 1.69 bits per heavy atom. The molecule has 3 N–H and O–H groups in total. The van der Waals surface area contributed by atoms with Crippen molar-refractivity contribution >= 4 is 21.9 Å². The predicted molar refractivity (Wildman–Crippen MR) is 60.0 cm³/mol. The summed E-state index contributed by atoms with van der Waals surface area (Å²) in [6.07, 6.45) is 0. The fourth-order valence-electron chi connectivity index (χ4n) is 1.43. The van der Waals surface area contributed by atoms with Gasteiger partial charge in [0.15, 0.2) is 0 Å². The van der Waals surface area contributed by atoms with Crippen LogP contribution in [0.2, 0.25) is 0 Å². The number of carboxylic acids is 1. The van der Waals surface area contributed by atoms with E-state index in [0.717, 1.165) is 0 Å². The molecule has 0 saturated heterocycles. The third-order valence-corrected chi connectivity index (χ3v) is 2.75. The molecule has 0 aromatic heterocycles. The topological polar surface area (TPSA) is 72.5 Å². The summed E-state index contributed by atoms with van der Waals surface area (Å²) in [6.45, 7) is 1.68. The zero-order valence-electron chi connectivity index (χ0n) is 8.75. The first kappa shape index (κ1) is 12.9. The second-order valence-corrected chi connectivity index (χ2v) is 4.11. The smallest absolute Gasteiger partial charge is 0.325 e. The van der Waals surface area contributed by atoms with Crippen molar-refractivity contribution in [3.8, 4) is 5.75 Å². The fourth-order valence-corrected chi connectivity index (χ4v) is 1.99. The van der Waals surface area contributed by atoms with Gasteiger partial charge in [-0.25, -0.2) is 4.39 Å². The molecule has 16 heavy (non-hydrogen) atoms. The number of benzene rings is 1. The van der Waals surface area contributed by atoms with Gasteiger partial charge in [-0.05, 0) is 34.5 Å². The zero-order valence-corrected chi connectivity index (χ0v) is 10.3. The number of carbonyl (C=O) groups is 1. The molecule has 1 unspecified atom stereocenters. The number of ether oxygens (including phenoxy) is 1. The molecule has 0 bridgehead atoms. The molecule has 0 aliphatic rings. The Morgan fingerprint density at radius 3 is 2.69 bits per heavy atom. The molecule has 0 fully saturated rings. The number of methoxy groups -OCH3 is 1. The maximum atomic E-state index is 13.8. The van der Waals surface area contributed by atoms with Crippen molar-refractivity contribution in [2.24, 2.45) is 5.73 Å². The van der Waals surface area contributed by atoms with Crippen LogP contribution < -0.4 is 10.5 Å². The highest BCUT2D eigenvalue weighted by Crippen LogP contribution is 2.34. The van der Waals surface area contributed by atoms with E-state index in [2.05, 4.69) is 15.9 Å². The van der Waals surface area contributed by atoms with E-state index in [1.807, 2.05) is 0 Å². The van der Waals surface area contributed by atoms with Gasteiger partial charge in [-0.15, -0.1) is 0 Å². The van der Waals surface area contributed by atoms with Crippen LogP contribution >= 0.6 is 15.9 Å². The third-order valence-electron chi connectivity index (χ3n) is 2.17. The molecule has 1 rings (SSSR count). The minimum absolute atomic E-state index is 0.151. The first-order valence-corrected chi connectivity index (χ1v) is 5.20. The van der Waals surface area contributed by atoms with Gasteiger partial charge in [-0.2, -0.15) is 0 Å². The monoisotopic (exact) mass is 291 g/mol. The van der Waals surface area contributed by atoms with Gasteiger partial charge in [0.1, 0.15) is 17.6 Å². The van der Waals surface area contributed by atoms with Gasteiger partial charge in [0, 0.05) is 0 Å². The summed E-state index contributed by atoms with van der Waals surface area (Å²) in [5, 5.41) is 8.80. The highest BCUT2D eigenvalue weighted by molar-refractivity contribution is 9.10. The average Bonchev–Trinajstić information content (AvgIpc) is 2.21. The van der Waals surface area contributed by atoms with Crippen molar-refractivity contribution < 1.29 is 19.0 Å². The summed E-state index contributed by atoms with van der Waals surface area (Å²) in [5.74, 6) is -1.86. The first-order valence-electron chi connectivity index (χ1n) is 4.41. The quantitative estimate of drug-likeness (QED) is 0.893. The van der Waals surface area contributed by atoms with Crippen LogP contribution in [0.1, 0.15) is 17.2 Å². The van der Waals surface area contributed by atoms with E-state index in [-0.39, 0.29) is 15.8 Å². The van der Waals surface area contributed by atoms with Crippen LogP contribution in [-0.4, -0.2) is 18.2 Å². The molecule has 0 spiro atoms. The van der Waals surface area contributed by atoms with E-state index in [4.69, 9.17) is 15.6 Å². The average molecular weight is 292 g/mol. The van der Waals surface area contributed by atoms with Crippen molar-refractivity contribution in [3.05, 3.63) is 27.5 Å². The largest absolute Gasteiger partial charge is 0.496 e. The van der Waals surface area contributed by atoms with Gasteiger partial charge in [0.05, 0.1) is 17.1 Å². The Kier molecular flexibility index (Phi) is 3.88. The van der Waals surface area contributed by atoms with Crippen LogP contribution in [0.25, 0.3) is 0 Å². The molecule has 1 atom stereocenters. The summed E-state index contributed by atoms with van der Waals surface area (Å²) in [6, 6.07) is 0.0535. The fraction of sp³-hybridized carbons (Fsp3) is 0.300. The van der Waals surface area contributed by atoms with Gasteiger partial charge in [-0.1, -0.05) is 0 Å². The summed E-state index contributed by atoms with van der Waals surface area (Å²) in [4.78, 5) is 10.8. The standard InChI is InChI=1S/C10H11BrFNO3/c1-4-3-5(11)7(12)6(9(4)16-2)8(13)10(14)15/h3,8H,13H2,1-2H3,(H,14,15). The van der Waals surface area contributed by atoms with Crippen molar-refractivity contribution in [1.29, 1.82) is 0 Å². The maximum Gasteiger partial charge on any atom is 0.325 e. The van der Waals surface area contributed by atoms with Crippen LogP contribution in [0, 0.1) is 12.7 Å². The molecular formula is C10H11BrFNO3. The van der Waals surface area contributed by atoms with Crippen LogP contribution in [0.3, 0.4) is 0 Å². The van der Waals surface area contributed by atoms with Crippen LogP contribution in [0.15, 0.2) is 10.5 Å². The molecule has 1 aromatic rings. The molecule has 0 amide bonds. The molecule has 0 aliphatic carbocycles. The van der Waals surface area contributed by atoms with E-state index >= 15 is 0 Å². The highest BCUT2D eigenvalue weighted by atomic mass is 79.9. The zero-order chi connectivity index (χ0) is 12.5. The predicted octanol–water partition coefficient (Wildman–Crippen LogP) is 1.99. The molecular weight excluding hydrogens is 281 g/mol. The lowest BCUT2D eigenvalue weighted by atomic mass is 10.0. The number of hydrogen-bond acceptors (Lipinski definition) is 3. The second kappa shape index (κ2) is 4.80. The van der Waals surface area contributed by atoms with Crippen LogP contribution in [0.5, 0.6) is 5.75 Å². The highest BCUT2D eigenvalue weighted by Gasteiger charge is 2.26. The molecule has 4 nitrogen and oxygen atoms in total. The maximum absolute atomic E-state index is 13.8.